The summed E-state index contributed by atoms with van der Waals surface area (Å²) in [4.78, 5) is 25.5. The molecule has 5 nitrogen and oxygen atoms in total. The summed E-state index contributed by atoms with van der Waals surface area (Å²) in [6, 6.07) is 13.3. The summed E-state index contributed by atoms with van der Waals surface area (Å²) in [6.45, 7) is 0.671. The smallest absolute Gasteiger partial charge is 0.243 e. The molecular formula is C18H19BrFN3O2. The first-order valence-corrected chi connectivity index (χ1v) is 8.47. The Morgan fingerprint density at radius 3 is 2.32 bits per heavy atom. The lowest BCUT2D eigenvalue weighted by atomic mass is 10.2. The van der Waals surface area contributed by atoms with E-state index in [0.717, 1.165) is 10.0 Å². The molecule has 2 aromatic rings. The van der Waals surface area contributed by atoms with Crippen LogP contribution in [0.15, 0.2) is 53.0 Å². The van der Waals surface area contributed by atoms with E-state index in [1.54, 1.807) is 0 Å². The second-order valence-electron chi connectivity index (χ2n) is 5.63. The number of nitrogens with zero attached hydrogens (tertiary/aromatic N) is 1. The van der Waals surface area contributed by atoms with E-state index in [0.29, 0.717) is 12.2 Å². The number of hydrogen-bond acceptors (Lipinski definition) is 3. The minimum atomic E-state index is -0.375. The average Bonchev–Trinajstić information content (AvgIpc) is 2.57. The lowest BCUT2D eigenvalue weighted by Gasteiger charge is -2.16. The van der Waals surface area contributed by atoms with Crippen molar-refractivity contribution in [2.75, 3.05) is 25.5 Å². The summed E-state index contributed by atoms with van der Waals surface area (Å²) in [5.41, 5.74) is 1.57. The second kappa shape index (κ2) is 9.29. The third-order valence-corrected chi connectivity index (χ3v) is 3.88. The maximum atomic E-state index is 12.8. The van der Waals surface area contributed by atoms with E-state index in [9.17, 15) is 14.0 Å². The molecule has 0 fully saturated rings. The Hall–Kier alpha value is -2.25. The van der Waals surface area contributed by atoms with E-state index in [-0.39, 0.29) is 30.7 Å². The predicted octanol–water partition coefficient (Wildman–Crippen LogP) is 2.77. The van der Waals surface area contributed by atoms with Gasteiger partial charge in [-0.15, -0.1) is 0 Å². The Balaban J connectivity index is 1.71. The molecule has 0 bridgehead atoms. The van der Waals surface area contributed by atoms with Crippen molar-refractivity contribution >= 4 is 33.4 Å². The number of amides is 2. The Morgan fingerprint density at radius 2 is 1.68 bits per heavy atom. The molecule has 7 heteroatoms. The standard InChI is InChI=1S/C18H19BrFN3O2/c1-23(11-13-2-4-14(19)5-3-13)12-18(25)21-10-17(24)22-16-8-6-15(20)7-9-16/h2-9H,10-12H2,1H3,(H,21,25)(H,22,24). The monoisotopic (exact) mass is 407 g/mol. The summed E-state index contributed by atoms with van der Waals surface area (Å²) in [7, 11) is 1.83. The van der Waals surface area contributed by atoms with Crippen LogP contribution < -0.4 is 10.6 Å². The van der Waals surface area contributed by atoms with E-state index in [1.165, 1.54) is 24.3 Å². The highest BCUT2D eigenvalue weighted by Gasteiger charge is 2.09. The number of nitrogens with one attached hydrogen (secondary N) is 2. The second-order valence-corrected chi connectivity index (χ2v) is 6.55. The van der Waals surface area contributed by atoms with Crippen molar-refractivity contribution in [2.24, 2.45) is 0 Å². The highest BCUT2D eigenvalue weighted by atomic mass is 79.9. The van der Waals surface area contributed by atoms with Crippen LogP contribution in [0.25, 0.3) is 0 Å². The lowest BCUT2D eigenvalue weighted by molar-refractivity contribution is -0.124. The minimum Gasteiger partial charge on any atom is -0.346 e. The topological polar surface area (TPSA) is 61.4 Å². The van der Waals surface area contributed by atoms with Gasteiger partial charge in [0, 0.05) is 16.7 Å². The van der Waals surface area contributed by atoms with E-state index < -0.39 is 0 Å². The van der Waals surface area contributed by atoms with Gasteiger partial charge in [-0.3, -0.25) is 14.5 Å². The fourth-order valence-electron chi connectivity index (χ4n) is 2.18. The van der Waals surface area contributed by atoms with Crippen LogP contribution >= 0.6 is 15.9 Å². The molecule has 0 saturated carbocycles. The molecule has 0 heterocycles. The van der Waals surface area contributed by atoms with Crippen LogP contribution in [0.3, 0.4) is 0 Å². The van der Waals surface area contributed by atoms with Crippen molar-refractivity contribution in [3.05, 3.63) is 64.4 Å². The Morgan fingerprint density at radius 1 is 1.04 bits per heavy atom. The van der Waals surface area contributed by atoms with Crippen LogP contribution in [0.4, 0.5) is 10.1 Å². The Bertz CT molecular complexity index is 720. The van der Waals surface area contributed by atoms with Gasteiger partial charge in [-0.25, -0.2) is 4.39 Å². The molecule has 0 aliphatic carbocycles. The van der Waals surface area contributed by atoms with Gasteiger partial charge in [-0.2, -0.15) is 0 Å². The summed E-state index contributed by atoms with van der Waals surface area (Å²) >= 11 is 3.38. The first kappa shape index (κ1) is 19.1. The van der Waals surface area contributed by atoms with E-state index in [1.807, 2.05) is 36.2 Å². The number of carbonyl (C=O) groups is 2. The maximum absolute atomic E-state index is 12.8. The van der Waals surface area contributed by atoms with Gasteiger partial charge < -0.3 is 10.6 Å². The van der Waals surface area contributed by atoms with Gasteiger partial charge in [0.25, 0.3) is 0 Å². The fourth-order valence-corrected chi connectivity index (χ4v) is 2.44. The number of carbonyl (C=O) groups excluding carboxylic acids is 2. The largest absolute Gasteiger partial charge is 0.346 e. The minimum absolute atomic E-state index is 0.137. The van der Waals surface area contributed by atoms with Crippen LogP contribution in [0.2, 0.25) is 0 Å². The Labute approximate surface area is 154 Å². The molecule has 0 spiro atoms. The summed E-state index contributed by atoms with van der Waals surface area (Å²) in [5, 5.41) is 5.15. The van der Waals surface area contributed by atoms with Crippen LogP contribution in [0, 0.1) is 5.82 Å². The number of anilines is 1. The molecule has 25 heavy (non-hydrogen) atoms. The number of likely N-dealkylation sites (N-methyl/N-ethyl adjacent to an activating group) is 1. The zero-order chi connectivity index (χ0) is 18.2. The zero-order valence-electron chi connectivity index (χ0n) is 13.8. The molecular weight excluding hydrogens is 389 g/mol. The molecule has 132 valence electrons. The summed E-state index contributed by atoms with van der Waals surface area (Å²) in [6.07, 6.45) is 0. The quantitative estimate of drug-likeness (QED) is 0.741. The molecule has 0 radical (unpaired) electrons. The van der Waals surface area contributed by atoms with Crippen LogP contribution in [-0.4, -0.2) is 36.9 Å². The summed E-state index contributed by atoms with van der Waals surface area (Å²) < 4.78 is 13.8. The van der Waals surface area contributed by atoms with Gasteiger partial charge in [0.05, 0.1) is 13.1 Å². The van der Waals surface area contributed by atoms with Crippen molar-refractivity contribution in [3.8, 4) is 0 Å². The van der Waals surface area contributed by atoms with Crippen molar-refractivity contribution in [1.29, 1.82) is 0 Å². The van der Waals surface area contributed by atoms with Gasteiger partial charge in [0.1, 0.15) is 5.82 Å². The molecule has 0 saturated heterocycles. The van der Waals surface area contributed by atoms with Gasteiger partial charge in [-0.05, 0) is 49.0 Å². The number of halogens is 2. The predicted molar refractivity (Wildman–Crippen MR) is 98.5 cm³/mol. The summed E-state index contributed by atoms with van der Waals surface area (Å²) in [5.74, 6) is -0.982. The molecule has 2 rings (SSSR count). The molecule has 0 aromatic heterocycles. The van der Waals surface area contributed by atoms with Crippen molar-refractivity contribution in [3.63, 3.8) is 0 Å². The first-order valence-electron chi connectivity index (χ1n) is 7.67. The zero-order valence-corrected chi connectivity index (χ0v) is 15.3. The van der Waals surface area contributed by atoms with Crippen LogP contribution in [-0.2, 0) is 16.1 Å². The number of hydrogen-bond donors (Lipinski definition) is 2. The van der Waals surface area contributed by atoms with Gasteiger partial charge in [-0.1, -0.05) is 28.1 Å². The third kappa shape index (κ3) is 7.03. The molecule has 2 amide bonds. The van der Waals surface area contributed by atoms with E-state index in [2.05, 4.69) is 26.6 Å². The molecule has 2 aromatic carbocycles. The maximum Gasteiger partial charge on any atom is 0.243 e. The Kier molecular flexibility index (Phi) is 7.09. The van der Waals surface area contributed by atoms with Gasteiger partial charge >= 0.3 is 0 Å². The van der Waals surface area contributed by atoms with Crippen LogP contribution in [0.1, 0.15) is 5.56 Å². The molecule has 0 unspecified atom stereocenters. The number of rotatable bonds is 7. The molecule has 2 N–H and O–H groups in total. The van der Waals surface area contributed by atoms with E-state index in [4.69, 9.17) is 0 Å². The fraction of sp³-hybridized carbons (Fsp3) is 0.222. The SMILES string of the molecule is CN(CC(=O)NCC(=O)Nc1ccc(F)cc1)Cc1ccc(Br)cc1. The van der Waals surface area contributed by atoms with Gasteiger partial charge in [0.15, 0.2) is 0 Å². The number of benzene rings is 2. The first-order chi connectivity index (χ1) is 11.9. The third-order valence-electron chi connectivity index (χ3n) is 3.35. The van der Waals surface area contributed by atoms with Gasteiger partial charge in [0.2, 0.25) is 11.8 Å². The van der Waals surface area contributed by atoms with Crippen molar-refractivity contribution in [2.45, 2.75) is 6.54 Å². The molecule has 0 atom stereocenters. The normalized spacial score (nSPS) is 10.6. The molecule has 0 aliphatic heterocycles. The van der Waals surface area contributed by atoms with Crippen molar-refractivity contribution in [1.82, 2.24) is 10.2 Å². The molecule has 0 aliphatic rings. The highest BCUT2D eigenvalue weighted by Crippen LogP contribution is 2.11. The lowest BCUT2D eigenvalue weighted by Crippen LogP contribution is -2.39. The van der Waals surface area contributed by atoms with Crippen LogP contribution in [0.5, 0.6) is 0 Å². The van der Waals surface area contributed by atoms with E-state index >= 15 is 0 Å². The highest BCUT2D eigenvalue weighted by molar-refractivity contribution is 9.10. The average molecular weight is 408 g/mol. The van der Waals surface area contributed by atoms with Crippen molar-refractivity contribution < 1.29 is 14.0 Å².